The fraction of sp³-hybridized carbons (Fsp3) is 0.350. The maximum atomic E-state index is 12.5. The molecule has 0 saturated carbocycles. The van der Waals surface area contributed by atoms with Crippen molar-refractivity contribution in [2.75, 3.05) is 26.0 Å². The van der Waals surface area contributed by atoms with Crippen molar-refractivity contribution in [2.24, 2.45) is 0 Å². The van der Waals surface area contributed by atoms with Gasteiger partial charge in [-0.05, 0) is 19.4 Å². The second-order valence-electron chi connectivity index (χ2n) is 6.00. The lowest BCUT2D eigenvalue weighted by Crippen LogP contribution is -2.26. The summed E-state index contributed by atoms with van der Waals surface area (Å²) in [6, 6.07) is 10.9. The number of thioether (sulfide) groups is 1. The molecule has 28 heavy (non-hydrogen) atoms. The van der Waals surface area contributed by atoms with Gasteiger partial charge in [0.05, 0.1) is 24.7 Å². The molecule has 0 aliphatic rings. The Morgan fingerprint density at radius 2 is 1.93 bits per heavy atom. The van der Waals surface area contributed by atoms with Gasteiger partial charge in [0.1, 0.15) is 5.56 Å². The molecule has 0 radical (unpaired) electrons. The summed E-state index contributed by atoms with van der Waals surface area (Å²) in [6.45, 7) is 4.54. The zero-order valence-corrected chi connectivity index (χ0v) is 17.0. The summed E-state index contributed by atoms with van der Waals surface area (Å²) in [5.41, 5.74) is 2.07. The summed E-state index contributed by atoms with van der Waals surface area (Å²) < 4.78 is 10.5. The van der Waals surface area contributed by atoms with Gasteiger partial charge in [-0.3, -0.25) is 14.9 Å². The lowest BCUT2D eigenvalue weighted by atomic mass is 10.1. The average Bonchev–Trinajstić information content (AvgIpc) is 2.68. The number of carbonyl (C=O) groups excluding carboxylic acids is 1. The second-order valence-corrected chi connectivity index (χ2v) is 7.11. The van der Waals surface area contributed by atoms with Crippen molar-refractivity contribution in [3.63, 3.8) is 0 Å². The van der Waals surface area contributed by atoms with Crippen LogP contribution in [0.2, 0.25) is 0 Å². The number of nitro benzene ring substituents is 1. The van der Waals surface area contributed by atoms with Crippen LogP contribution in [-0.2, 0) is 5.75 Å². The van der Waals surface area contributed by atoms with Crippen LogP contribution >= 0.6 is 11.8 Å². The number of amides is 1. The molecule has 0 bridgehead atoms. The third kappa shape index (κ3) is 5.88. The molecule has 0 fully saturated rings. The molecule has 150 valence electrons. The third-order valence-corrected chi connectivity index (χ3v) is 4.97. The van der Waals surface area contributed by atoms with Gasteiger partial charge in [-0.1, -0.05) is 29.8 Å². The Bertz CT molecular complexity index is 824. The Kier molecular flexibility index (Phi) is 8.13. The highest BCUT2D eigenvalue weighted by Gasteiger charge is 2.24. The van der Waals surface area contributed by atoms with Crippen LogP contribution in [0.25, 0.3) is 0 Å². The second kappa shape index (κ2) is 10.6. The Morgan fingerprint density at radius 3 is 2.54 bits per heavy atom. The summed E-state index contributed by atoms with van der Waals surface area (Å²) in [4.78, 5) is 23.2. The summed E-state index contributed by atoms with van der Waals surface area (Å²) in [5, 5.41) is 14.1. The van der Waals surface area contributed by atoms with Gasteiger partial charge < -0.3 is 14.8 Å². The minimum atomic E-state index is -0.594. The zero-order chi connectivity index (χ0) is 20.5. The number of nitrogens with zero attached hydrogens (tertiary/aromatic N) is 1. The number of aryl methyl sites for hydroxylation is 1. The topological polar surface area (TPSA) is 90.7 Å². The monoisotopic (exact) mass is 404 g/mol. The van der Waals surface area contributed by atoms with E-state index in [-0.39, 0.29) is 22.7 Å². The van der Waals surface area contributed by atoms with Crippen LogP contribution < -0.4 is 14.8 Å². The van der Waals surface area contributed by atoms with Crippen LogP contribution in [0.1, 0.15) is 28.4 Å². The van der Waals surface area contributed by atoms with E-state index >= 15 is 0 Å². The SMILES string of the molecule is CCOc1cc([N+](=O)[O-])c(C(=O)NCCSCc2ccc(C)cc2)cc1OC. The molecular weight excluding hydrogens is 380 g/mol. The predicted octanol–water partition coefficient (Wildman–Crippen LogP) is 3.97. The molecule has 2 aromatic carbocycles. The van der Waals surface area contributed by atoms with E-state index in [1.807, 2.05) is 6.92 Å². The van der Waals surface area contributed by atoms with Crippen LogP contribution in [0.5, 0.6) is 11.5 Å². The molecule has 0 saturated heterocycles. The molecule has 0 atom stereocenters. The third-order valence-electron chi connectivity index (χ3n) is 3.94. The molecule has 0 unspecified atom stereocenters. The number of benzene rings is 2. The molecule has 0 aliphatic heterocycles. The predicted molar refractivity (Wildman–Crippen MR) is 110 cm³/mol. The number of methoxy groups -OCH3 is 1. The molecule has 0 aliphatic carbocycles. The number of nitro groups is 1. The smallest absolute Gasteiger partial charge is 0.286 e. The van der Waals surface area contributed by atoms with E-state index in [2.05, 4.69) is 29.6 Å². The van der Waals surface area contributed by atoms with E-state index in [4.69, 9.17) is 9.47 Å². The van der Waals surface area contributed by atoms with Gasteiger partial charge in [-0.25, -0.2) is 0 Å². The van der Waals surface area contributed by atoms with Crippen molar-refractivity contribution >= 4 is 23.4 Å². The van der Waals surface area contributed by atoms with E-state index in [0.717, 1.165) is 5.75 Å². The van der Waals surface area contributed by atoms with Crippen LogP contribution in [0.4, 0.5) is 5.69 Å². The van der Waals surface area contributed by atoms with Gasteiger partial charge in [-0.2, -0.15) is 11.8 Å². The van der Waals surface area contributed by atoms with Crippen LogP contribution in [-0.4, -0.2) is 36.8 Å². The van der Waals surface area contributed by atoms with Crippen LogP contribution in [0.3, 0.4) is 0 Å². The van der Waals surface area contributed by atoms with E-state index in [1.165, 1.54) is 30.4 Å². The van der Waals surface area contributed by atoms with Gasteiger partial charge in [0, 0.05) is 24.1 Å². The number of rotatable bonds is 10. The number of hydrogen-bond donors (Lipinski definition) is 1. The summed E-state index contributed by atoms with van der Waals surface area (Å²) in [6.07, 6.45) is 0. The Hall–Kier alpha value is -2.74. The van der Waals surface area contributed by atoms with Gasteiger partial charge in [0.15, 0.2) is 11.5 Å². The van der Waals surface area contributed by atoms with E-state index in [0.29, 0.717) is 18.9 Å². The van der Waals surface area contributed by atoms with Crippen molar-refractivity contribution < 1.29 is 19.2 Å². The lowest BCUT2D eigenvalue weighted by molar-refractivity contribution is -0.385. The first-order valence-electron chi connectivity index (χ1n) is 8.87. The molecule has 2 aromatic rings. The zero-order valence-electron chi connectivity index (χ0n) is 16.2. The fourth-order valence-electron chi connectivity index (χ4n) is 2.52. The highest BCUT2D eigenvalue weighted by molar-refractivity contribution is 7.98. The normalized spacial score (nSPS) is 10.4. The van der Waals surface area contributed by atoms with Gasteiger partial charge >= 0.3 is 0 Å². The van der Waals surface area contributed by atoms with Crippen molar-refractivity contribution in [3.8, 4) is 11.5 Å². The standard InChI is InChI=1S/C20H24N2O5S/c1-4-27-19-12-17(22(24)25)16(11-18(19)26-3)20(23)21-9-10-28-13-15-7-5-14(2)6-8-15/h5-8,11-12H,4,9-10,13H2,1-3H3,(H,21,23). The first-order chi connectivity index (χ1) is 13.5. The quantitative estimate of drug-likeness (QED) is 0.366. The molecule has 1 N–H and O–H groups in total. The number of hydrogen-bond acceptors (Lipinski definition) is 6. The van der Waals surface area contributed by atoms with Gasteiger partial charge in [0.25, 0.3) is 11.6 Å². The first-order valence-corrected chi connectivity index (χ1v) is 10.0. The molecule has 8 heteroatoms. The average molecular weight is 404 g/mol. The highest BCUT2D eigenvalue weighted by Crippen LogP contribution is 2.34. The number of ether oxygens (including phenoxy) is 2. The number of carbonyl (C=O) groups is 1. The van der Waals surface area contributed by atoms with E-state index in [1.54, 1.807) is 18.7 Å². The molecule has 0 spiro atoms. The lowest BCUT2D eigenvalue weighted by Gasteiger charge is -2.12. The molecular formula is C20H24N2O5S. The van der Waals surface area contributed by atoms with Crippen LogP contribution in [0, 0.1) is 17.0 Å². The van der Waals surface area contributed by atoms with E-state index in [9.17, 15) is 14.9 Å². The minimum absolute atomic E-state index is 0.0474. The molecule has 1 amide bonds. The molecule has 0 heterocycles. The van der Waals surface area contributed by atoms with Crippen molar-refractivity contribution in [3.05, 3.63) is 63.2 Å². The van der Waals surface area contributed by atoms with E-state index < -0.39 is 10.8 Å². The summed E-state index contributed by atoms with van der Waals surface area (Å²) in [7, 11) is 1.42. The maximum Gasteiger partial charge on any atom is 0.286 e. The summed E-state index contributed by atoms with van der Waals surface area (Å²) in [5.74, 6) is 1.55. The first kappa shape index (κ1) is 21.6. The van der Waals surface area contributed by atoms with Crippen LogP contribution in [0.15, 0.2) is 36.4 Å². The van der Waals surface area contributed by atoms with Gasteiger partial charge in [0.2, 0.25) is 0 Å². The maximum absolute atomic E-state index is 12.5. The fourth-order valence-corrected chi connectivity index (χ4v) is 3.34. The minimum Gasteiger partial charge on any atom is -0.493 e. The number of nitrogens with one attached hydrogen (secondary N) is 1. The summed E-state index contributed by atoms with van der Waals surface area (Å²) >= 11 is 1.68. The largest absolute Gasteiger partial charge is 0.493 e. The van der Waals surface area contributed by atoms with Crippen molar-refractivity contribution in [2.45, 2.75) is 19.6 Å². The van der Waals surface area contributed by atoms with Crippen molar-refractivity contribution in [1.29, 1.82) is 0 Å². The molecule has 7 nitrogen and oxygen atoms in total. The van der Waals surface area contributed by atoms with Gasteiger partial charge in [-0.15, -0.1) is 0 Å². The Labute approximate surface area is 168 Å². The van der Waals surface area contributed by atoms with Crippen molar-refractivity contribution in [1.82, 2.24) is 5.32 Å². The highest BCUT2D eigenvalue weighted by atomic mass is 32.2. The Morgan fingerprint density at radius 1 is 1.21 bits per heavy atom. The Balaban J connectivity index is 1.96. The molecule has 0 aromatic heterocycles. The molecule has 2 rings (SSSR count).